The average molecular weight is 299 g/mol. The number of nitrogens with one attached hydrogen (secondary N) is 1. The van der Waals surface area contributed by atoms with E-state index >= 15 is 0 Å². The highest BCUT2D eigenvalue weighted by atomic mass is 16.5. The molecule has 4 heteroatoms. The standard InChI is InChI=1S/C18H21NO3/c1-13(15-7-5-4-6-8-15)19-18(20)12-14-9-10-16(21-2)17(11-14)22-3/h4-11,13H,12H2,1-3H3,(H,19,20)/t13-/m1/s1. The van der Waals surface area contributed by atoms with Crippen molar-refractivity contribution in [3.8, 4) is 11.5 Å². The zero-order valence-corrected chi connectivity index (χ0v) is 13.1. The maximum atomic E-state index is 12.2. The van der Waals surface area contributed by atoms with E-state index in [1.54, 1.807) is 14.2 Å². The normalized spacial score (nSPS) is 11.6. The third-order valence-corrected chi connectivity index (χ3v) is 3.49. The van der Waals surface area contributed by atoms with Gasteiger partial charge < -0.3 is 14.8 Å². The van der Waals surface area contributed by atoms with Gasteiger partial charge in [0.1, 0.15) is 0 Å². The molecule has 1 atom stereocenters. The molecule has 0 saturated heterocycles. The number of hydrogen-bond donors (Lipinski definition) is 1. The van der Waals surface area contributed by atoms with Gasteiger partial charge in [-0.2, -0.15) is 0 Å². The number of rotatable bonds is 6. The summed E-state index contributed by atoms with van der Waals surface area (Å²) in [5.74, 6) is 1.26. The summed E-state index contributed by atoms with van der Waals surface area (Å²) in [6, 6.07) is 15.4. The van der Waals surface area contributed by atoms with Crippen LogP contribution in [0.15, 0.2) is 48.5 Å². The molecule has 0 unspecified atom stereocenters. The van der Waals surface area contributed by atoms with Crippen molar-refractivity contribution in [1.29, 1.82) is 0 Å². The lowest BCUT2D eigenvalue weighted by Crippen LogP contribution is -2.28. The van der Waals surface area contributed by atoms with E-state index in [9.17, 15) is 4.79 Å². The van der Waals surface area contributed by atoms with Gasteiger partial charge in [-0.25, -0.2) is 0 Å². The quantitative estimate of drug-likeness (QED) is 0.891. The molecule has 0 saturated carbocycles. The molecule has 0 aromatic heterocycles. The first kappa shape index (κ1) is 15.9. The van der Waals surface area contributed by atoms with Crippen LogP contribution in [0, 0.1) is 0 Å². The van der Waals surface area contributed by atoms with E-state index in [0.29, 0.717) is 17.9 Å². The van der Waals surface area contributed by atoms with Crippen LogP contribution in [0.1, 0.15) is 24.1 Å². The summed E-state index contributed by atoms with van der Waals surface area (Å²) < 4.78 is 10.4. The number of carbonyl (C=O) groups is 1. The molecule has 0 bridgehead atoms. The second-order valence-corrected chi connectivity index (χ2v) is 5.07. The smallest absolute Gasteiger partial charge is 0.224 e. The zero-order valence-electron chi connectivity index (χ0n) is 13.1. The molecule has 0 fully saturated rings. The van der Waals surface area contributed by atoms with Gasteiger partial charge in [0.05, 0.1) is 26.7 Å². The molecule has 2 rings (SSSR count). The van der Waals surface area contributed by atoms with Gasteiger partial charge in [-0.3, -0.25) is 4.79 Å². The molecule has 0 spiro atoms. The summed E-state index contributed by atoms with van der Waals surface area (Å²) in [5.41, 5.74) is 1.97. The van der Waals surface area contributed by atoms with Crippen molar-refractivity contribution < 1.29 is 14.3 Å². The predicted molar refractivity (Wildman–Crippen MR) is 86.2 cm³/mol. The van der Waals surface area contributed by atoms with Crippen molar-refractivity contribution in [1.82, 2.24) is 5.32 Å². The van der Waals surface area contributed by atoms with E-state index in [-0.39, 0.29) is 11.9 Å². The van der Waals surface area contributed by atoms with Gasteiger partial charge in [0, 0.05) is 0 Å². The lowest BCUT2D eigenvalue weighted by atomic mass is 10.1. The van der Waals surface area contributed by atoms with E-state index in [0.717, 1.165) is 11.1 Å². The fourth-order valence-electron chi connectivity index (χ4n) is 2.29. The molecular weight excluding hydrogens is 278 g/mol. The number of hydrogen-bond acceptors (Lipinski definition) is 3. The summed E-state index contributed by atoms with van der Waals surface area (Å²) in [6.07, 6.45) is 0.303. The van der Waals surface area contributed by atoms with E-state index in [1.165, 1.54) is 0 Å². The summed E-state index contributed by atoms with van der Waals surface area (Å²) in [6.45, 7) is 1.97. The van der Waals surface area contributed by atoms with Crippen molar-refractivity contribution in [3.63, 3.8) is 0 Å². The monoisotopic (exact) mass is 299 g/mol. The largest absolute Gasteiger partial charge is 0.493 e. The molecular formula is C18H21NO3. The first-order chi connectivity index (χ1) is 10.6. The second kappa shape index (κ2) is 7.50. The van der Waals surface area contributed by atoms with Crippen molar-refractivity contribution >= 4 is 5.91 Å². The highest BCUT2D eigenvalue weighted by Gasteiger charge is 2.11. The van der Waals surface area contributed by atoms with Crippen LogP contribution in [0.25, 0.3) is 0 Å². The van der Waals surface area contributed by atoms with Crippen molar-refractivity contribution in [2.75, 3.05) is 14.2 Å². The molecule has 22 heavy (non-hydrogen) atoms. The summed E-state index contributed by atoms with van der Waals surface area (Å²) in [4.78, 5) is 12.2. The maximum absolute atomic E-state index is 12.2. The Morgan fingerprint density at radius 2 is 1.73 bits per heavy atom. The Kier molecular flexibility index (Phi) is 5.42. The minimum atomic E-state index is -0.0245. The van der Waals surface area contributed by atoms with E-state index in [1.807, 2.05) is 55.5 Å². The molecule has 2 aromatic carbocycles. The van der Waals surface area contributed by atoms with Crippen LogP contribution in [0.2, 0.25) is 0 Å². The minimum absolute atomic E-state index is 0.0196. The molecule has 0 aliphatic heterocycles. The number of methoxy groups -OCH3 is 2. The summed E-state index contributed by atoms with van der Waals surface area (Å²) >= 11 is 0. The van der Waals surface area contributed by atoms with Crippen LogP contribution >= 0.6 is 0 Å². The Labute approximate surface area is 131 Å². The van der Waals surface area contributed by atoms with E-state index in [4.69, 9.17) is 9.47 Å². The first-order valence-corrected chi connectivity index (χ1v) is 7.19. The van der Waals surface area contributed by atoms with Gasteiger partial charge >= 0.3 is 0 Å². The summed E-state index contributed by atoms with van der Waals surface area (Å²) in [5, 5.41) is 3.00. The molecule has 0 heterocycles. The van der Waals surface area contributed by atoms with Crippen LogP contribution in [0.5, 0.6) is 11.5 Å². The highest BCUT2D eigenvalue weighted by Crippen LogP contribution is 2.27. The fourth-order valence-corrected chi connectivity index (χ4v) is 2.29. The summed E-state index contributed by atoms with van der Waals surface area (Å²) in [7, 11) is 3.17. The zero-order chi connectivity index (χ0) is 15.9. The highest BCUT2D eigenvalue weighted by molar-refractivity contribution is 5.79. The molecule has 2 aromatic rings. The molecule has 1 N–H and O–H groups in total. The minimum Gasteiger partial charge on any atom is -0.493 e. The second-order valence-electron chi connectivity index (χ2n) is 5.07. The number of ether oxygens (including phenoxy) is 2. The molecule has 1 amide bonds. The van der Waals surface area contributed by atoms with Gasteiger partial charge in [-0.1, -0.05) is 36.4 Å². The van der Waals surface area contributed by atoms with Crippen molar-refractivity contribution in [2.45, 2.75) is 19.4 Å². The lowest BCUT2D eigenvalue weighted by Gasteiger charge is -2.15. The van der Waals surface area contributed by atoms with Gasteiger partial charge in [0.15, 0.2) is 11.5 Å². The third-order valence-electron chi connectivity index (χ3n) is 3.49. The van der Waals surface area contributed by atoms with Gasteiger partial charge in [-0.15, -0.1) is 0 Å². The van der Waals surface area contributed by atoms with Crippen LogP contribution in [-0.4, -0.2) is 20.1 Å². The number of amides is 1. The maximum Gasteiger partial charge on any atom is 0.224 e. The third kappa shape index (κ3) is 4.01. The van der Waals surface area contributed by atoms with Crippen molar-refractivity contribution in [2.24, 2.45) is 0 Å². The first-order valence-electron chi connectivity index (χ1n) is 7.19. The van der Waals surface area contributed by atoms with Crippen LogP contribution < -0.4 is 14.8 Å². The molecule has 0 radical (unpaired) electrons. The Bertz CT molecular complexity index is 625. The number of carbonyl (C=O) groups excluding carboxylic acids is 1. The van der Waals surface area contributed by atoms with Crippen LogP contribution in [0.4, 0.5) is 0 Å². The molecule has 0 aliphatic rings. The van der Waals surface area contributed by atoms with Gasteiger partial charge in [0.2, 0.25) is 5.91 Å². The molecule has 0 aliphatic carbocycles. The van der Waals surface area contributed by atoms with Crippen LogP contribution in [-0.2, 0) is 11.2 Å². The molecule has 116 valence electrons. The number of benzene rings is 2. The Morgan fingerprint density at radius 3 is 2.36 bits per heavy atom. The van der Waals surface area contributed by atoms with Gasteiger partial charge in [-0.05, 0) is 30.2 Å². The lowest BCUT2D eigenvalue weighted by molar-refractivity contribution is -0.121. The van der Waals surface area contributed by atoms with Crippen molar-refractivity contribution in [3.05, 3.63) is 59.7 Å². The molecule has 4 nitrogen and oxygen atoms in total. The fraction of sp³-hybridized carbons (Fsp3) is 0.278. The Hall–Kier alpha value is -2.49. The van der Waals surface area contributed by atoms with E-state index < -0.39 is 0 Å². The van der Waals surface area contributed by atoms with E-state index in [2.05, 4.69) is 5.32 Å². The predicted octanol–water partition coefficient (Wildman–Crippen LogP) is 3.12. The Balaban J connectivity index is 2.00. The van der Waals surface area contributed by atoms with Gasteiger partial charge in [0.25, 0.3) is 0 Å². The Morgan fingerprint density at radius 1 is 1.05 bits per heavy atom. The van der Waals surface area contributed by atoms with Crippen LogP contribution in [0.3, 0.4) is 0 Å². The average Bonchev–Trinajstić information content (AvgIpc) is 2.55. The topological polar surface area (TPSA) is 47.6 Å². The SMILES string of the molecule is COc1ccc(CC(=O)N[C@H](C)c2ccccc2)cc1OC.